The number of hydrogen-bond donors (Lipinski definition) is 3. The van der Waals surface area contributed by atoms with Gasteiger partial charge in [0.2, 0.25) is 0 Å². The number of benzene rings is 3. The number of likely N-dealkylation sites (N-methyl/N-ethyl adjacent to an activating group) is 1. The summed E-state index contributed by atoms with van der Waals surface area (Å²) in [5.41, 5.74) is 9.67. The van der Waals surface area contributed by atoms with Gasteiger partial charge in [-0.1, -0.05) is 18.2 Å². The number of nitrogens with two attached hydrogens (primary N) is 1. The van der Waals surface area contributed by atoms with Crippen molar-refractivity contribution in [2.75, 3.05) is 20.1 Å². The van der Waals surface area contributed by atoms with Gasteiger partial charge in [0.1, 0.15) is 11.6 Å². The van der Waals surface area contributed by atoms with Gasteiger partial charge in [0.25, 0.3) is 11.8 Å². The number of aromatic hydroxyl groups is 1. The average molecular weight is 513 g/mol. The van der Waals surface area contributed by atoms with Crippen molar-refractivity contribution < 1.29 is 19.1 Å². The molecule has 2 heterocycles. The molecule has 3 aromatic carbocycles. The lowest BCUT2D eigenvalue weighted by molar-refractivity contribution is 0.0786. The van der Waals surface area contributed by atoms with Crippen LogP contribution in [0, 0.1) is 12.7 Å². The van der Waals surface area contributed by atoms with E-state index in [0.29, 0.717) is 45.3 Å². The van der Waals surface area contributed by atoms with E-state index in [0.717, 1.165) is 24.9 Å². The third kappa shape index (κ3) is 4.95. The maximum atomic E-state index is 14.4. The zero-order chi connectivity index (χ0) is 27.0. The van der Waals surface area contributed by atoms with Gasteiger partial charge in [-0.25, -0.2) is 4.39 Å². The van der Waals surface area contributed by atoms with Gasteiger partial charge >= 0.3 is 0 Å². The number of hydrogen-bond acceptors (Lipinski definition) is 5. The first-order valence-electron chi connectivity index (χ1n) is 12.5. The summed E-state index contributed by atoms with van der Waals surface area (Å²) in [5.74, 6) is -1.53. The van der Waals surface area contributed by atoms with Gasteiger partial charge in [-0.15, -0.1) is 0 Å². The number of aryl methyl sites for hydroxylation is 1. The summed E-state index contributed by atoms with van der Waals surface area (Å²) in [6.45, 7) is 3.28. The Morgan fingerprint density at radius 2 is 1.87 bits per heavy atom. The van der Waals surface area contributed by atoms with E-state index < -0.39 is 5.91 Å². The maximum Gasteiger partial charge on any atom is 0.255 e. The molecule has 0 radical (unpaired) electrons. The highest BCUT2D eigenvalue weighted by Gasteiger charge is 2.25. The number of fused-ring (bicyclic) bond motifs is 1. The number of halogens is 1. The lowest BCUT2D eigenvalue weighted by Gasteiger charge is -2.24. The third-order valence-corrected chi connectivity index (χ3v) is 7.03. The number of carbonyl (C=O) groups excluding carboxylic acids is 2. The minimum atomic E-state index is -0.742. The fourth-order valence-corrected chi connectivity index (χ4v) is 5.14. The number of nitrogens with zero attached hydrogens (tertiary/aromatic N) is 2. The Kier molecular flexibility index (Phi) is 6.82. The number of phenols is 1. The molecule has 1 aliphatic heterocycles. The van der Waals surface area contributed by atoms with Gasteiger partial charge in [0.15, 0.2) is 0 Å². The Hall–Kier alpha value is -4.30. The molecule has 0 bridgehead atoms. The van der Waals surface area contributed by atoms with Crippen LogP contribution in [0.2, 0.25) is 0 Å². The SMILES string of the molecule is Cc1cc(F)cc(-c2cnc3ccc(-c4ccc(O)c(C(N)=O)c4)cc3c2C(=O)N(C)C[C@@H]2CCCN2)c1. The molecule has 2 amide bonds. The van der Waals surface area contributed by atoms with Crippen LogP contribution in [0.3, 0.4) is 0 Å². The predicted molar refractivity (Wildman–Crippen MR) is 145 cm³/mol. The lowest BCUT2D eigenvalue weighted by Crippen LogP contribution is -2.38. The van der Waals surface area contributed by atoms with Gasteiger partial charge in [0.05, 0.1) is 16.6 Å². The van der Waals surface area contributed by atoms with E-state index >= 15 is 0 Å². The van der Waals surface area contributed by atoms with E-state index in [4.69, 9.17) is 5.73 Å². The zero-order valence-corrected chi connectivity index (χ0v) is 21.3. The second-order valence-electron chi connectivity index (χ2n) is 9.87. The third-order valence-electron chi connectivity index (χ3n) is 7.03. The first-order chi connectivity index (χ1) is 18.2. The Bertz CT molecular complexity index is 1540. The van der Waals surface area contributed by atoms with Crippen LogP contribution >= 0.6 is 0 Å². The molecule has 4 N–H and O–H groups in total. The van der Waals surface area contributed by atoms with Crippen LogP contribution in [0.25, 0.3) is 33.2 Å². The van der Waals surface area contributed by atoms with Gasteiger partial charge in [-0.05, 0) is 85.0 Å². The molecule has 7 nitrogen and oxygen atoms in total. The first kappa shape index (κ1) is 25.4. The summed E-state index contributed by atoms with van der Waals surface area (Å²) >= 11 is 0. The summed E-state index contributed by atoms with van der Waals surface area (Å²) in [6, 6.07) is 15.0. The summed E-state index contributed by atoms with van der Waals surface area (Å²) in [4.78, 5) is 32.1. The molecule has 8 heteroatoms. The number of amides is 2. The molecule has 1 fully saturated rings. The normalized spacial score (nSPS) is 15.1. The van der Waals surface area contributed by atoms with Crippen LogP contribution in [0.5, 0.6) is 5.75 Å². The van der Waals surface area contributed by atoms with E-state index in [1.54, 1.807) is 37.2 Å². The highest BCUT2D eigenvalue weighted by molar-refractivity contribution is 6.12. The highest BCUT2D eigenvalue weighted by atomic mass is 19.1. The fourth-order valence-electron chi connectivity index (χ4n) is 5.14. The van der Waals surface area contributed by atoms with E-state index in [1.165, 1.54) is 24.3 Å². The molecule has 194 valence electrons. The van der Waals surface area contributed by atoms with Gasteiger partial charge in [0, 0.05) is 36.8 Å². The largest absolute Gasteiger partial charge is 0.507 e. The van der Waals surface area contributed by atoms with Crippen LogP contribution in [0.15, 0.2) is 60.8 Å². The van der Waals surface area contributed by atoms with Crippen molar-refractivity contribution in [3.8, 4) is 28.0 Å². The Balaban J connectivity index is 1.70. The molecule has 4 aromatic rings. The summed E-state index contributed by atoms with van der Waals surface area (Å²) < 4.78 is 14.4. The van der Waals surface area contributed by atoms with Crippen molar-refractivity contribution in [3.05, 3.63) is 83.3 Å². The molecular formula is C30H29FN4O3. The summed E-state index contributed by atoms with van der Waals surface area (Å²) in [7, 11) is 1.78. The van der Waals surface area contributed by atoms with Crippen molar-refractivity contribution in [1.82, 2.24) is 15.2 Å². The first-order valence-corrected chi connectivity index (χ1v) is 12.5. The van der Waals surface area contributed by atoms with E-state index in [-0.39, 0.29) is 29.1 Å². The van der Waals surface area contributed by atoms with Gasteiger partial charge in [-0.2, -0.15) is 0 Å². The Morgan fingerprint density at radius 3 is 2.58 bits per heavy atom. The second-order valence-corrected chi connectivity index (χ2v) is 9.87. The number of primary amides is 1. The van der Waals surface area contributed by atoms with Crippen LogP contribution in [-0.2, 0) is 0 Å². The Labute approximate surface area is 220 Å². The molecule has 0 aliphatic carbocycles. The zero-order valence-electron chi connectivity index (χ0n) is 21.3. The van der Waals surface area contributed by atoms with Crippen molar-refractivity contribution >= 4 is 22.7 Å². The molecule has 1 saturated heterocycles. The average Bonchev–Trinajstić information content (AvgIpc) is 3.40. The molecule has 0 saturated carbocycles. The smallest absolute Gasteiger partial charge is 0.255 e. The second kappa shape index (κ2) is 10.2. The molecule has 1 aliphatic rings. The molecule has 1 atom stereocenters. The lowest BCUT2D eigenvalue weighted by atomic mass is 9.93. The topological polar surface area (TPSA) is 109 Å². The molecule has 1 aromatic heterocycles. The van der Waals surface area contributed by atoms with E-state index in [9.17, 15) is 19.1 Å². The summed E-state index contributed by atoms with van der Waals surface area (Å²) in [6.07, 6.45) is 3.69. The van der Waals surface area contributed by atoms with Crippen molar-refractivity contribution in [2.45, 2.75) is 25.8 Å². The van der Waals surface area contributed by atoms with Crippen molar-refractivity contribution in [3.63, 3.8) is 0 Å². The minimum Gasteiger partial charge on any atom is -0.507 e. The van der Waals surface area contributed by atoms with Crippen LogP contribution in [-0.4, -0.2) is 53.0 Å². The monoisotopic (exact) mass is 512 g/mol. The molecule has 38 heavy (non-hydrogen) atoms. The Morgan fingerprint density at radius 1 is 1.11 bits per heavy atom. The molecule has 5 rings (SSSR count). The molecule has 0 spiro atoms. The minimum absolute atomic E-state index is 0.00445. The number of rotatable bonds is 6. The van der Waals surface area contributed by atoms with E-state index in [2.05, 4.69) is 10.3 Å². The fraction of sp³-hybridized carbons (Fsp3) is 0.233. The molecule has 0 unspecified atom stereocenters. The maximum absolute atomic E-state index is 14.4. The number of nitrogens with one attached hydrogen (secondary N) is 1. The number of pyridine rings is 1. The summed E-state index contributed by atoms with van der Waals surface area (Å²) in [5, 5.41) is 14.1. The van der Waals surface area contributed by atoms with Crippen LogP contribution in [0.1, 0.15) is 39.1 Å². The molecular weight excluding hydrogens is 483 g/mol. The van der Waals surface area contributed by atoms with Crippen LogP contribution < -0.4 is 11.1 Å². The highest BCUT2D eigenvalue weighted by Crippen LogP contribution is 2.34. The van der Waals surface area contributed by atoms with Crippen molar-refractivity contribution in [1.29, 1.82) is 0 Å². The number of carbonyl (C=O) groups is 2. The predicted octanol–water partition coefficient (Wildman–Crippen LogP) is 4.64. The van der Waals surface area contributed by atoms with E-state index in [1.807, 2.05) is 18.2 Å². The van der Waals surface area contributed by atoms with Gasteiger partial charge in [-0.3, -0.25) is 14.6 Å². The van der Waals surface area contributed by atoms with Crippen LogP contribution in [0.4, 0.5) is 4.39 Å². The van der Waals surface area contributed by atoms with Crippen molar-refractivity contribution in [2.24, 2.45) is 5.73 Å². The quantitative estimate of drug-likeness (QED) is 0.349. The van der Waals surface area contributed by atoms with Gasteiger partial charge < -0.3 is 21.1 Å². The number of aromatic nitrogens is 1. The standard InChI is InChI=1S/C30H29FN4O3/c1-17-10-20(12-21(31)11-17)25-15-34-26-7-5-18(19-6-8-27(36)24(14-19)29(32)37)13-23(26)28(25)30(38)35(2)16-22-4-3-9-33-22/h5-8,10-15,22,33,36H,3-4,9,16H2,1-2H3,(H2,32,37)/t22-/m0/s1.